The number of amides is 2. The van der Waals surface area contributed by atoms with Crippen molar-refractivity contribution in [2.75, 3.05) is 10.9 Å². The van der Waals surface area contributed by atoms with Crippen LogP contribution in [0, 0.1) is 20.2 Å². The molecule has 0 fully saturated rings. The van der Waals surface area contributed by atoms with Crippen molar-refractivity contribution in [3.8, 4) is 0 Å². The second-order valence-electron chi connectivity index (χ2n) is 6.24. The highest BCUT2D eigenvalue weighted by molar-refractivity contribution is 6.34. The third kappa shape index (κ3) is 5.43. The Morgan fingerprint density at radius 3 is 2.03 bits per heavy atom. The standard InChI is InChI=1S/C18H12Cl2N8O6/c19-11-4-2-1-3-10(11)18(30)26-24-16-14(28(33)34)15(21-8-22-16)23-25-17(29)9-5-6-12(20)13(7-9)27(31)32/h1-8H,(H,25,29)(H,26,30)(H2,21,22,23,24). The first-order chi connectivity index (χ1) is 16.2. The number of hydrogen-bond donors (Lipinski definition) is 4. The number of halogens is 2. The first-order valence-electron chi connectivity index (χ1n) is 8.99. The number of anilines is 2. The summed E-state index contributed by atoms with van der Waals surface area (Å²) in [5, 5.41) is 22.6. The summed E-state index contributed by atoms with van der Waals surface area (Å²) >= 11 is 11.7. The van der Waals surface area contributed by atoms with Gasteiger partial charge in [0.2, 0.25) is 11.6 Å². The van der Waals surface area contributed by atoms with Crippen molar-refractivity contribution in [2.45, 2.75) is 0 Å². The summed E-state index contributed by atoms with van der Waals surface area (Å²) in [5.41, 5.74) is 7.68. The molecular formula is C18H12Cl2N8O6. The molecule has 1 aromatic heterocycles. The van der Waals surface area contributed by atoms with E-state index in [-0.39, 0.29) is 21.2 Å². The number of nitrogens with one attached hydrogen (secondary N) is 4. The van der Waals surface area contributed by atoms with E-state index in [0.717, 1.165) is 18.5 Å². The van der Waals surface area contributed by atoms with Crippen molar-refractivity contribution >= 4 is 58.0 Å². The minimum atomic E-state index is -0.866. The van der Waals surface area contributed by atoms with E-state index in [4.69, 9.17) is 23.2 Å². The Hall–Kier alpha value is -4.56. The number of carbonyl (C=O) groups is 2. The van der Waals surface area contributed by atoms with Crippen molar-refractivity contribution in [2.24, 2.45) is 0 Å². The van der Waals surface area contributed by atoms with E-state index in [1.165, 1.54) is 18.2 Å². The molecular weight excluding hydrogens is 495 g/mol. The average Bonchev–Trinajstić information content (AvgIpc) is 2.81. The molecule has 4 N–H and O–H groups in total. The highest BCUT2D eigenvalue weighted by atomic mass is 35.5. The Kier molecular flexibility index (Phi) is 7.35. The molecule has 14 nitrogen and oxygen atoms in total. The first kappa shape index (κ1) is 24.1. The lowest BCUT2D eigenvalue weighted by atomic mass is 10.2. The fourth-order valence-electron chi connectivity index (χ4n) is 2.55. The highest BCUT2D eigenvalue weighted by Gasteiger charge is 2.25. The van der Waals surface area contributed by atoms with E-state index in [1.807, 2.05) is 0 Å². The molecule has 0 bridgehead atoms. The van der Waals surface area contributed by atoms with Crippen LogP contribution in [0.25, 0.3) is 0 Å². The normalized spacial score (nSPS) is 10.2. The second-order valence-corrected chi connectivity index (χ2v) is 7.05. The number of rotatable bonds is 8. The Balaban J connectivity index is 1.76. The van der Waals surface area contributed by atoms with Crippen molar-refractivity contribution in [3.63, 3.8) is 0 Å². The summed E-state index contributed by atoms with van der Waals surface area (Å²) in [5.74, 6) is -2.40. The average molecular weight is 507 g/mol. The van der Waals surface area contributed by atoms with Gasteiger partial charge in [0.1, 0.15) is 11.3 Å². The highest BCUT2D eigenvalue weighted by Crippen LogP contribution is 2.28. The molecule has 0 spiro atoms. The zero-order valence-corrected chi connectivity index (χ0v) is 18.1. The molecule has 16 heteroatoms. The summed E-state index contributed by atoms with van der Waals surface area (Å²) in [6, 6.07) is 9.44. The van der Waals surface area contributed by atoms with Crippen LogP contribution in [-0.2, 0) is 0 Å². The topological polar surface area (TPSA) is 194 Å². The molecule has 0 atom stereocenters. The zero-order chi connectivity index (χ0) is 24.8. The van der Waals surface area contributed by atoms with Gasteiger partial charge in [0.15, 0.2) is 0 Å². The summed E-state index contributed by atoms with van der Waals surface area (Å²) in [7, 11) is 0. The third-order valence-electron chi connectivity index (χ3n) is 4.12. The van der Waals surface area contributed by atoms with E-state index in [0.29, 0.717) is 0 Å². The van der Waals surface area contributed by atoms with Crippen LogP contribution in [0.2, 0.25) is 10.0 Å². The van der Waals surface area contributed by atoms with Gasteiger partial charge in [0.05, 0.1) is 20.4 Å². The summed E-state index contributed by atoms with van der Waals surface area (Å²) in [6.45, 7) is 0. The largest absolute Gasteiger partial charge is 0.356 e. The van der Waals surface area contributed by atoms with E-state index < -0.39 is 44.7 Å². The maximum atomic E-state index is 12.3. The van der Waals surface area contributed by atoms with Crippen LogP contribution in [0.15, 0.2) is 48.8 Å². The van der Waals surface area contributed by atoms with Gasteiger partial charge in [-0.3, -0.25) is 51.5 Å². The van der Waals surface area contributed by atoms with Crippen molar-refractivity contribution in [1.29, 1.82) is 0 Å². The number of nitrogens with zero attached hydrogens (tertiary/aromatic N) is 4. The number of aromatic nitrogens is 2. The van der Waals surface area contributed by atoms with Crippen LogP contribution in [0.4, 0.5) is 23.0 Å². The molecule has 174 valence electrons. The Morgan fingerprint density at radius 2 is 1.44 bits per heavy atom. The molecule has 0 aliphatic heterocycles. The van der Waals surface area contributed by atoms with Gasteiger partial charge in [-0.25, -0.2) is 9.97 Å². The van der Waals surface area contributed by atoms with Gasteiger partial charge in [0.25, 0.3) is 17.5 Å². The second kappa shape index (κ2) is 10.4. The minimum Gasteiger partial charge on any atom is -0.276 e. The van der Waals surface area contributed by atoms with Crippen LogP contribution in [-0.4, -0.2) is 31.6 Å². The number of nitro groups is 2. The van der Waals surface area contributed by atoms with Crippen LogP contribution in [0.5, 0.6) is 0 Å². The monoisotopic (exact) mass is 506 g/mol. The molecule has 0 aliphatic rings. The summed E-state index contributed by atoms with van der Waals surface area (Å²) in [4.78, 5) is 53.0. The molecule has 2 aromatic carbocycles. The summed E-state index contributed by atoms with van der Waals surface area (Å²) in [6.07, 6.45) is 0.929. The lowest BCUT2D eigenvalue weighted by Gasteiger charge is -2.12. The minimum absolute atomic E-state index is 0.107. The molecule has 2 amide bonds. The predicted octanol–water partition coefficient (Wildman–Crippen LogP) is 3.11. The molecule has 0 saturated heterocycles. The number of hydrazine groups is 2. The SMILES string of the molecule is O=C(NNc1ncnc(NNC(=O)c2ccccc2Cl)c1[N+](=O)[O-])c1ccc(Cl)c([N+](=O)[O-])c1. The lowest BCUT2D eigenvalue weighted by molar-refractivity contribution is -0.384. The molecule has 3 rings (SSSR count). The van der Waals surface area contributed by atoms with Crippen LogP contribution in [0.1, 0.15) is 20.7 Å². The quantitative estimate of drug-likeness (QED) is 0.260. The number of benzene rings is 2. The van der Waals surface area contributed by atoms with Gasteiger partial charge in [-0.1, -0.05) is 35.3 Å². The maximum Gasteiger partial charge on any atom is 0.356 e. The molecule has 0 radical (unpaired) electrons. The number of nitro benzene ring substituents is 1. The number of carbonyl (C=O) groups excluding carboxylic acids is 2. The van der Waals surface area contributed by atoms with Crippen molar-refractivity contribution < 1.29 is 19.4 Å². The molecule has 0 aliphatic carbocycles. The predicted molar refractivity (Wildman–Crippen MR) is 120 cm³/mol. The van der Waals surface area contributed by atoms with Crippen molar-refractivity contribution in [3.05, 3.63) is 90.2 Å². The molecule has 3 aromatic rings. The van der Waals surface area contributed by atoms with E-state index >= 15 is 0 Å². The molecule has 34 heavy (non-hydrogen) atoms. The van der Waals surface area contributed by atoms with E-state index in [2.05, 4.69) is 31.7 Å². The Labute approximate surface area is 199 Å². The number of hydrogen-bond acceptors (Lipinski definition) is 10. The van der Waals surface area contributed by atoms with Gasteiger partial charge < -0.3 is 0 Å². The Morgan fingerprint density at radius 1 is 0.824 bits per heavy atom. The molecule has 0 unspecified atom stereocenters. The van der Waals surface area contributed by atoms with Crippen LogP contribution >= 0.6 is 23.2 Å². The van der Waals surface area contributed by atoms with Gasteiger partial charge in [0, 0.05) is 11.6 Å². The van der Waals surface area contributed by atoms with E-state index in [9.17, 15) is 29.8 Å². The van der Waals surface area contributed by atoms with Crippen LogP contribution in [0.3, 0.4) is 0 Å². The van der Waals surface area contributed by atoms with Gasteiger partial charge in [-0.05, 0) is 24.3 Å². The van der Waals surface area contributed by atoms with E-state index in [1.54, 1.807) is 12.1 Å². The Bertz CT molecular complexity index is 1310. The zero-order valence-electron chi connectivity index (χ0n) is 16.6. The summed E-state index contributed by atoms with van der Waals surface area (Å²) < 4.78 is 0. The van der Waals surface area contributed by atoms with Gasteiger partial charge >= 0.3 is 5.69 Å². The lowest BCUT2D eigenvalue weighted by Crippen LogP contribution is -2.32. The van der Waals surface area contributed by atoms with Crippen LogP contribution < -0.4 is 21.7 Å². The van der Waals surface area contributed by atoms with Gasteiger partial charge in [-0.2, -0.15) is 0 Å². The molecule has 0 saturated carbocycles. The third-order valence-corrected chi connectivity index (χ3v) is 4.77. The van der Waals surface area contributed by atoms with Crippen molar-refractivity contribution in [1.82, 2.24) is 20.8 Å². The fourth-order valence-corrected chi connectivity index (χ4v) is 2.95. The smallest absolute Gasteiger partial charge is 0.276 e. The maximum absolute atomic E-state index is 12.3. The molecule has 1 heterocycles. The fraction of sp³-hybridized carbons (Fsp3) is 0. The first-order valence-corrected chi connectivity index (χ1v) is 9.75. The van der Waals surface area contributed by atoms with Gasteiger partial charge in [-0.15, -0.1) is 0 Å².